The van der Waals surface area contributed by atoms with E-state index >= 15 is 0 Å². The summed E-state index contributed by atoms with van der Waals surface area (Å²) < 4.78 is 32.3. The molecule has 0 unspecified atom stereocenters. The minimum atomic E-state index is -3.55. The van der Waals surface area contributed by atoms with Gasteiger partial charge < -0.3 is 4.52 Å². The molecular formula is C27H35N3O3S. The first-order chi connectivity index (χ1) is 16.1. The monoisotopic (exact) mass is 481 g/mol. The second kappa shape index (κ2) is 9.62. The molecule has 2 aromatic heterocycles. The predicted molar refractivity (Wildman–Crippen MR) is 133 cm³/mol. The zero-order valence-electron chi connectivity index (χ0n) is 20.9. The van der Waals surface area contributed by atoms with Crippen LogP contribution in [-0.2, 0) is 53.4 Å². The Hall–Kier alpha value is -2.51. The Bertz CT molecular complexity index is 1260. The van der Waals surface area contributed by atoms with Crippen molar-refractivity contribution in [2.75, 3.05) is 6.54 Å². The Balaban J connectivity index is 1.53. The number of aryl methyl sites for hydroxylation is 1. The molecule has 3 heterocycles. The number of hydrogen-bond donors (Lipinski definition) is 0. The predicted octanol–water partition coefficient (Wildman–Crippen LogP) is 5.02. The van der Waals surface area contributed by atoms with Crippen LogP contribution >= 0.6 is 0 Å². The van der Waals surface area contributed by atoms with Crippen LogP contribution in [0, 0.1) is 0 Å². The second-order valence-electron chi connectivity index (χ2n) is 10.2. The topological polar surface area (TPSA) is 76.3 Å². The molecule has 34 heavy (non-hydrogen) atoms. The summed E-state index contributed by atoms with van der Waals surface area (Å²) in [5.41, 5.74) is 5.78. The van der Waals surface area contributed by atoms with Gasteiger partial charge in [0.25, 0.3) is 0 Å². The van der Waals surface area contributed by atoms with Crippen LogP contribution < -0.4 is 0 Å². The SMILES string of the molecule is CCc1ccc(CN2CCc3ccc(S(=O)(=O)Cc4noc(C(C)(C)C)c4CC)cc3C2)cn1. The number of benzene rings is 1. The fourth-order valence-electron chi connectivity index (χ4n) is 4.61. The molecule has 0 saturated carbocycles. The van der Waals surface area contributed by atoms with Gasteiger partial charge in [-0.3, -0.25) is 9.88 Å². The van der Waals surface area contributed by atoms with Crippen molar-refractivity contribution in [2.45, 2.75) is 83.0 Å². The van der Waals surface area contributed by atoms with E-state index in [1.54, 1.807) is 6.07 Å². The maximum atomic E-state index is 13.3. The third kappa shape index (κ3) is 5.26. The smallest absolute Gasteiger partial charge is 0.184 e. The Morgan fingerprint density at radius 1 is 1.06 bits per heavy atom. The largest absolute Gasteiger partial charge is 0.360 e. The van der Waals surface area contributed by atoms with E-state index in [0.717, 1.165) is 55.1 Å². The van der Waals surface area contributed by atoms with Gasteiger partial charge in [0.1, 0.15) is 17.2 Å². The molecule has 0 fully saturated rings. The highest BCUT2D eigenvalue weighted by Gasteiger charge is 2.29. The average molecular weight is 482 g/mol. The lowest BCUT2D eigenvalue weighted by Crippen LogP contribution is -2.30. The first-order valence-corrected chi connectivity index (χ1v) is 13.7. The van der Waals surface area contributed by atoms with Gasteiger partial charge >= 0.3 is 0 Å². The molecule has 0 atom stereocenters. The van der Waals surface area contributed by atoms with Gasteiger partial charge in [-0.25, -0.2) is 8.42 Å². The van der Waals surface area contributed by atoms with Crippen molar-refractivity contribution in [1.29, 1.82) is 0 Å². The molecule has 1 aromatic carbocycles. The van der Waals surface area contributed by atoms with Gasteiger partial charge in [-0.2, -0.15) is 0 Å². The van der Waals surface area contributed by atoms with E-state index < -0.39 is 9.84 Å². The summed E-state index contributed by atoms with van der Waals surface area (Å²) in [5, 5.41) is 4.15. The fraction of sp³-hybridized carbons (Fsp3) is 0.481. The molecule has 182 valence electrons. The Morgan fingerprint density at radius 2 is 1.85 bits per heavy atom. The van der Waals surface area contributed by atoms with Gasteiger partial charge in [-0.15, -0.1) is 0 Å². The Morgan fingerprint density at radius 3 is 2.50 bits per heavy atom. The molecule has 0 N–H and O–H groups in total. The van der Waals surface area contributed by atoms with Gasteiger partial charge in [0.15, 0.2) is 9.84 Å². The van der Waals surface area contributed by atoms with Crippen LogP contribution in [0.15, 0.2) is 45.9 Å². The molecule has 0 aliphatic carbocycles. The molecular weight excluding hydrogens is 446 g/mol. The summed E-state index contributed by atoms with van der Waals surface area (Å²) in [6.07, 6.45) is 4.48. The van der Waals surface area contributed by atoms with Crippen molar-refractivity contribution < 1.29 is 12.9 Å². The van der Waals surface area contributed by atoms with Crippen molar-refractivity contribution in [3.8, 4) is 0 Å². The van der Waals surface area contributed by atoms with Gasteiger partial charge in [0.2, 0.25) is 0 Å². The standard InChI is InChI=1S/C27H35N3O3S/c1-6-22-10-8-19(15-28-22)16-30-13-12-20-9-11-23(14-21(20)17-30)34(31,32)18-25-24(7-2)26(33-29-25)27(3,4)5/h8-11,14-15H,6-7,12-13,16-18H2,1-5H3. The lowest BCUT2D eigenvalue weighted by molar-refractivity contribution is 0.245. The number of pyridine rings is 1. The van der Waals surface area contributed by atoms with E-state index in [2.05, 4.69) is 54.9 Å². The van der Waals surface area contributed by atoms with Crippen LogP contribution in [0.3, 0.4) is 0 Å². The van der Waals surface area contributed by atoms with Crippen LogP contribution in [0.25, 0.3) is 0 Å². The average Bonchev–Trinajstić information content (AvgIpc) is 3.21. The molecule has 0 saturated heterocycles. The summed E-state index contributed by atoms with van der Waals surface area (Å²) in [4.78, 5) is 7.21. The van der Waals surface area contributed by atoms with Gasteiger partial charge in [0, 0.05) is 42.5 Å². The van der Waals surface area contributed by atoms with E-state index in [9.17, 15) is 8.42 Å². The molecule has 0 radical (unpaired) electrons. The summed E-state index contributed by atoms with van der Waals surface area (Å²) in [6.45, 7) is 12.7. The first-order valence-electron chi connectivity index (χ1n) is 12.1. The maximum Gasteiger partial charge on any atom is 0.184 e. The minimum Gasteiger partial charge on any atom is -0.360 e. The number of aromatic nitrogens is 2. The van der Waals surface area contributed by atoms with Gasteiger partial charge in [0.05, 0.1) is 4.90 Å². The number of fused-ring (bicyclic) bond motifs is 1. The third-order valence-corrected chi connectivity index (χ3v) is 8.14. The van der Waals surface area contributed by atoms with Crippen LogP contribution in [0.4, 0.5) is 0 Å². The van der Waals surface area contributed by atoms with E-state index in [-0.39, 0.29) is 11.2 Å². The molecule has 1 aliphatic rings. The summed E-state index contributed by atoms with van der Waals surface area (Å²) in [6, 6.07) is 9.79. The molecule has 1 aliphatic heterocycles. The second-order valence-corrected chi connectivity index (χ2v) is 12.2. The molecule has 4 rings (SSSR count). The fourth-order valence-corrected chi connectivity index (χ4v) is 5.96. The third-order valence-electron chi connectivity index (χ3n) is 6.51. The van der Waals surface area contributed by atoms with Crippen molar-refractivity contribution >= 4 is 9.84 Å². The van der Waals surface area contributed by atoms with E-state index in [0.29, 0.717) is 17.0 Å². The van der Waals surface area contributed by atoms with Gasteiger partial charge in [-0.05, 0) is 54.2 Å². The summed E-state index contributed by atoms with van der Waals surface area (Å²) >= 11 is 0. The van der Waals surface area contributed by atoms with Crippen molar-refractivity contribution in [2.24, 2.45) is 0 Å². The van der Waals surface area contributed by atoms with E-state index in [1.807, 2.05) is 25.3 Å². The number of nitrogens with zero attached hydrogens (tertiary/aromatic N) is 3. The lowest BCUT2D eigenvalue weighted by atomic mass is 9.89. The maximum absolute atomic E-state index is 13.3. The molecule has 0 bridgehead atoms. The lowest BCUT2D eigenvalue weighted by Gasteiger charge is -2.29. The zero-order valence-corrected chi connectivity index (χ0v) is 21.7. The van der Waals surface area contributed by atoms with Crippen molar-refractivity contribution in [1.82, 2.24) is 15.0 Å². The van der Waals surface area contributed by atoms with E-state index in [4.69, 9.17) is 4.52 Å². The van der Waals surface area contributed by atoms with E-state index in [1.165, 1.54) is 11.1 Å². The molecule has 0 amide bonds. The van der Waals surface area contributed by atoms with Crippen LogP contribution in [0.1, 0.15) is 74.0 Å². The molecule has 6 nitrogen and oxygen atoms in total. The van der Waals surface area contributed by atoms with Crippen LogP contribution in [0.5, 0.6) is 0 Å². The zero-order chi connectivity index (χ0) is 24.5. The van der Waals surface area contributed by atoms with Crippen LogP contribution in [0.2, 0.25) is 0 Å². The molecule has 3 aromatic rings. The number of sulfone groups is 1. The Labute approximate surface area is 203 Å². The molecule has 0 spiro atoms. The summed E-state index contributed by atoms with van der Waals surface area (Å²) in [7, 11) is -3.55. The highest BCUT2D eigenvalue weighted by Crippen LogP contribution is 2.31. The van der Waals surface area contributed by atoms with Gasteiger partial charge in [-0.1, -0.05) is 51.9 Å². The minimum absolute atomic E-state index is 0.145. The van der Waals surface area contributed by atoms with Crippen LogP contribution in [-0.4, -0.2) is 30.0 Å². The Kier molecular flexibility index (Phi) is 6.97. The normalized spacial score (nSPS) is 14.9. The van der Waals surface area contributed by atoms with Crippen molar-refractivity contribution in [3.05, 3.63) is 75.9 Å². The highest BCUT2D eigenvalue weighted by atomic mass is 32.2. The molecule has 7 heteroatoms. The first kappa shape index (κ1) is 24.6. The quantitative estimate of drug-likeness (QED) is 0.471. The number of hydrogen-bond acceptors (Lipinski definition) is 6. The highest BCUT2D eigenvalue weighted by molar-refractivity contribution is 7.90. The number of rotatable bonds is 7. The van der Waals surface area contributed by atoms with Crippen molar-refractivity contribution in [3.63, 3.8) is 0 Å². The summed E-state index contributed by atoms with van der Waals surface area (Å²) in [5.74, 6) is 0.621.